The highest BCUT2D eigenvalue weighted by molar-refractivity contribution is 7.12. The van der Waals surface area contributed by atoms with Crippen molar-refractivity contribution in [2.45, 2.75) is 13.0 Å². The van der Waals surface area contributed by atoms with Crippen LogP contribution in [-0.4, -0.2) is 21.4 Å². The molecule has 0 saturated carbocycles. The summed E-state index contributed by atoms with van der Waals surface area (Å²) in [6.07, 6.45) is 5.34. The number of anilines is 1. The summed E-state index contributed by atoms with van der Waals surface area (Å²) >= 11 is 1.35. The van der Waals surface area contributed by atoms with Gasteiger partial charge in [0.15, 0.2) is 0 Å². The van der Waals surface area contributed by atoms with Crippen LogP contribution in [0.15, 0.2) is 84.8 Å². The van der Waals surface area contributed by atoms with E-state index in [1.807, 2.05) is 53.4 Å². The highest BCUT2D eigenvalue weighted by atomic mass is 32.1. The van der Waals surface area contributed by atoms with Gasteiger partial charge in [0.2, 0.25) is 0 Å². The van der Waals surface area contributed by atoms with Crippen molar-refractivity contribution in [1.82, 2.24) is 14.9 Å². The fraction of sp³-hybridized carbons (Fsp3) is 0.0870. The lowest BCUT2D eigenvalue weighted by Crippen LogP contribution is -2.28. The molecule has 7 heteroatoms. The van der Waals surface area contributed by atoms with Gasteiger partial charge in [0.1, 0.15) is 0 Å². The normalized spacial score (nSPS) is 11.6. The molecule has 4 rings (SSSR count). The first-order chi connectivity index (χ1) is 14.6. The van der Waals surface area contributed by atoms with E-state index in [0.717, 1.165) is 11.3 Å². The van der Waals surface area contributed by atoms with Gasteiger partial charge in [0.05, 0.1) is 28.5 Å². The van der Waals surface area contributed by atoms with Gasteiger partial charge in [-0.15, -0.1) is 11.3 Å². The number of amides is 2. The van der Waals surface area contributed by atoms with E-state index in [4.69, 9.17) is 0 Å². The molecule has 0 aliphatic carbocycles. The number of hydrogen-bond acceptors (Lipinski definition) is 4. The van der Waals surface area contributed by atoms with Crippen LogP contribution in [-0.2, 0) is 0 Å². The van der Waals surface area contributed by atoms with Gasteiger partial charge in [-0.1, -0.05) is 30.3 Å². The average Bonchev–Trinajstić information content (AvgIpc) is 3.48. The minimum atomic E-state index is -0.247. The first-order valence-electron chi connectivity index (χ1n) is 9.45. The van der Waals surface area contributed by atoms with E-state index in [-0.39, 0.29) is 17.9 Å². The van der Waals surface area contributed by atoms with Crippen molar-refractivity contribution in [3.63, 3.8) is 0 Å². The Labute approximate surface area is 178 Å². The zero-order valence-electron chi connectivity index (χ0n) is 16.3. The number of carbonyl (C=O) groups excluding carboxylic acids is 2. The van der Waals surface area contributed by atoms with E-state index in [9.17, 15) is 9.59 Å². The van der Waals surface area contributed by atoms with Crippen LogP contribution in [0.3, 0.4) is 0 Å². The number of hydrogen-bond donors (Lipinski definition) is 2. The van der Waals surface area contributed by atoms with Crippen LogP contribution in [0.5, 0.6) is 0 Å². The zero-order valence-corrected chi connectivity index (χ0v) is 17.1. The molecule has 4 aromatic rings. The molecule has 0 radical (unpaired) electrons. The Morgan fingerprint density at radius 2 is 1.80 bits per heavy atom. The quantitative estimate of drug-likeness (QED) is 0.479. The molecular formula is C23H20N4O2S. The van der Waals surface area contributed by atoms with Gasteiger partial charge in [-0.05, 0) is 48.2 Å². The molecule has 0 unspecified atom stereocenters. The Balaban J connectivity index is 1.46. The number of para-hydroxylation sites is 1. The summed E-state index contributed by atoms with van der Waals surface area (Å²) in [5.74, 6) is -0.475. The molecule has 30 heavy (non-hydrogen) atoms. The molecule has 0 saturated heterocycles. The Morgan fingerprint density at radius 1 is 1.00 bits per heavy atom. The van der Waals surface area contributed by atoms with Gasteiger partial charge in [0.25, 0.3) is 11.8 Å². The van der Waals surface area contributed by atoms with Gasteiger partial charge >= 0.3 is 0 Å². The summed E-state index contributed by atoms with van der Waals surface area (Å²) in [5.41, 5.74) is 2.88. The molecule has 2 amide bonds. The maximum Gasteiger partial charge on any atom is 0.265 e. The summed E-state index contributed by atoms with van der Waals surface area (Å²) in [6.45, 7) is 1.93. The van der Waals surface area contributed by atoms with Gasteiger partial charge < -0.3 is 15.2 Å². The molecule has 0 aliphatic rings. The number of benzene rings is 2. The first-order valence-corrected chi connectivity index (χ1v) is 10.3. The molecule has 0 bridgehead atoms. The topological polar surface area (TPSA) is 76.0 Å². The zero-order chi connectivity index (χ0) is 20.9. The first kappa shape index (κ1) is 19.6. The fourth-order valence-corrected chi connectivity index (χ4v) is 3.71. The second kappa shape index (κ2) is 8.75. The summed E-state index contributed by atoms with van der Waals surface area (Å²) in [4.78, 5) is 29.9. The Morgan fingerprint density at radius 3 is 2.50 bits per heavy atom. The number of thiophene rings is 1. The predicted octanol–water partition coefficient (Wildman–Crippen LogP) is 4.68. The number of aromatic nitrogens is 2. The van der Waals surface area contributed by atoms with E-state index in [1.54, 1.807) is 42.9 Å². The van der Waals surface area contributed by atoms with Gasteiger partial charge in [-0.2, -0.15) is 0 Å². The molecule has 0 spiro atoms. The van der Waals surface area contributed by atoms with Crippen LogP contribution in [0.25, 0.3) is 5.69 Å². The second-order valence-corrected chi connectivity index (χ2v) is 7.68. The second-order valence-electron chi connectivity index (χ2n) is 6.73. The van der Waals surface area contributed by atoms with Crippen LogP contribution in [0.4, 0.5) is 5.69 Å². The molecule has 2 N–H and O–H groups in total. The molecule has 2 aromatic carbocycles. The van der Waals surface area contributed by atoms with Crippen LogP contribution in [0.2, 0.25) is 0 Å². The van der Waals surface area contributed by atoms with Gasteiger partial charge in [-0.3, -0.25) is 9.59 Å². The number of nitrogens with zero attached hydrogens (tertiary/aromatic N) is 2. The van der Waals surface area contributed by atoms with E-state index < -0.39 is 0 Å². The third-order valence-electron chi connectivity index (χ3n) is 4.71. The minimum Gasteiger partial charge on any atom is -0.345 e. The standard InChI is InChI=1S/C23H20N4O2S/c1-16(17-8-10-18(11-9-17)27-13-12-24-15-27)25-22(28)19-5-2-3-6-20(19)26-23(29)21-7-4-14-30-21/h2-16H,1H3,(H,25,28)(H,26,29)/t16-/m1/s1. The molecule has 2 heterocycles. The minimum absolute atomic E-state index is 0.199. The molecule has 1 atom stereocenters. The van der Waals surface area contributed by atoms with Gasteiger partial charge in [-0.25, -0.2) is 4.98 Å². The SMILES string of the molecule is C[C@@H](NC(=O)c1ccccc1NC(=O)c1cccs1)c1ccc(-n2ccnc2)cc1. The van der Waals surface area contributed by atoms with Crippen molar-refractivity contribution < 1.29 is 9.59 Å². The number of carbonyl (C=O) groups is 2. The lowest BCUT2D eigenvalue weighted by Gasteiger charge is -2.17. The van der Waals surface area contributed by atoms with E-state index in [1.165, 1.54) is 11.3 Å². The molecule has 0 aliphatic heterocycles. The van der Waals surface area contributed by atoms with Crippen molar-refractivity contribution in [3.8, 4) is 5.69 Å². The van der Waals surface area contributed by atoms with E-state index >= 15 is 0 Å². The highest BCUT2D eigenvalue weighted by Crippen LogP contribution is 2.20. The maximum absolute atomic E-state index is 12.9. The smallest absolute Gasteiger partial charge is 0.265 e. The summed E-state index contributed by atoms with van der Waals surface area (Å²) in [5, 5.41) is 7.68. The fourth-order valence-electron chi connectivity index (χ4n) is 3.09. The monoisotopic (exact) mass is 416 g/mol. The lowest BCUT2D eigenvalue weighted by molar-refractivity contribution is 0.0941. The van der Waals surface area contributed by atoms with Crippen LogP contribution in [0, 0.1) is 0 Å². The molecule has 6 nitrogen and oxygen atoms in total. The third-order valence-corrected chi connectivity index (χ3v) is 5.58. The Bertz CT molecular complexity index is 1140. The summed E-state index contributed by atoms with van der Waals surface area (Å²) in [6, 6.07) is 18.3. The van der Waals surface area contributed by atoms with Crippen molar-refractivity contribution in [1.29, 1.82) is 0 Å². The Kier molecular flexibility index (Phi) is 5.72. The van der Waals surface area contributed by atoms with Crippen LogP contribution >= 0.6 is 11.3 Å². The average molecular weight is 417 g/mol. The summed E-state index contributed by atoms with van der Waals surface area (Å²) in [7, 11) is 0. The van der Waals surface area contributed by atoms with Crippen molar-refractivity contribution >= 4 is 28.8 Å². The van der Waals surface area contributed by atoms with E-state index in [0.29, 0.717) is 16.1 Å². The Hall–Kier alpha value is -3.71. The number of nitrogens with one attached hydrogen (secondary N) is 2. The third kappa shape index (κ3) is 4.31. The summed E-state index contributed by atoms with van der Waals surface area (Å²) < 4.78 is 1.92. The molecule has 150 valence electrons. The molecule has 2 aromatic heterocycles. The molecule has 0 fully saturated rings. The van der Waals surface area contributed by atoms with Crippen LogP contribution in [0.1, 0.15) is 38.6 Å². The number of rotatable bonds is 6. The lowest BCUT2D eigenvalue weighted by atomic mass is 10.1. The highest BCUT2D eigenvalue weighted by Gasteiger charge is 2.17. The largest absolute Gasteiger partial charge is 0.345 e. The van der Waals surface area contributed by atoms with Crippen molar-refractivity contribution in [2.24, 2.45) is 0 Å². The van der Waals surface area contributed by atoms with Gasteiger partial charge in [0, 0.05) is 18.1 Å². The predicted molar refractivity (Wildman–Crippen MR) is 118 cm³/mol. The van der Waals surface area contributed by atoms with Crippen molar-refractivity contribution in [3.05, 3.63) is 101 Å². The number of imidazole rings is 1. The van der Waals surface area contributed by atoms with Crippen molar-refractivity contribution in [2.75, 3.05) is 5.32 Å². The maximum atomic E-state index is 12.9. The van der Waals surface area contributed by atoms with E-state index in [2.05, 4.69) is 15.6 Å². The molecular weight excluding hydrogens is 396 g/mol. The van der Waals surface area contributed by atoms with Crippen LogP contribution < -0.4 is 10.6 Å².